The molecule has 0 heterocycles. The summed E-state index contributed by atoms with van der Waals surface area (Å²) in [5.41, 5.74) is 3.57. The minimum absolute atomic E-state index is 0.0456. The lowest BCUT2D eigenvalue weighted by Gasteiger charge is -2.09. The molecule has 5 heteroatoms. The largest absolute Gasteiger partial charge is 0.496 e. The highest BCUT2D eigenvalue weighted by atomic mass is 16.5. The fourth-order valence-corrected chi connectivity index (χ4v) is 2.42. The molecule has 0 radical (unpaired) electrons. The summed E-state index contributed by atoms with van der Waals surface area (Å²) < 4.78 is 5.23. The number of benzene rings is 2. The SMILES string of the molecule is COc1ccc(CCC(=O)Nc2ccc(NC(C)=O)cc2)cc1C. The maximum Gasteiger partial charge on any atom is 0.224 e. The number of methoxy groups -OCH3 is 1. The van der Waals surface area contributed by atoms with E-state index >= 15 is 0 Å². The Kier molecular flexibility index (Phi) is 5.95. The first-order valence-electron chi connectivity index (χ1n) is 7.79. The van der Waals surface area contributed by atoms with E-state index in [9.17, 15) is 9.59 Å². The van der Waals surface area contributed by atoms with E-state index < -0.39 is 0 Å². The van der Waals surface area contributed by atoms with E-state index in [0.29, 0.717) is 24.2 Å². The van der Waals surface area contributed by atoms with Gasteiger partial charge >= 0.3 is 0 Å². The van der Waals surface area contributed by atoms with Gasteiger partial charge in [0.25, 0.3) is 0 Å². The minimum atomic E-state index is -0.124. The van der Waals surface area contributed by atoms with Crippen molar-refractivity contribution in [1.82, 2.24) is 0 Å². The number of amides is 2. The van der Waals surface area contributed by atoms with Crippen LogP contribution in [0, 0.1) is 6.92 Å². The molecule has 0 saturated heterocycles. The Morgan fingerprint density at radius 3 is 2.17 bits per heavy atom. The monoisotopic (exact) mass is 326 g/mol. The molecule has 0 aliphatic rings. The molecule has 0 fully saturated rings. The standard InChI is InChI=1S/C19H22N2O3/c1-13-12-15(4-10-18(13)24-3)5-11-19(23)21-17-8-6-16(7-9-17)20-14(2)22/h4,6-10,12H,5,11H2,1-3H3,(H,20,22)(H,21,23). The second-order valence-corrected chi connectivity index (χ2v) is 5.61. The number of nitrogens with one attached hydrogen (secondary N) is 2. The summed E-state index contributed by atoms with van der Waals surface area (Å²) in [4.78, 5) is 23.0. The van der Waals surface area contributed by atoms with Gasteiger partial charge in [-0.2, -0.15) is 0 Å². The maximum absolute atomic E-state index is 12.1. The zero-order valence-electron chi connectivity index (χ0n) is 14.2. The van der Waals surface area contributed by atoms with Crippen LogP contribution in [0.5, 0.6) is 5.75 Å². The van der Waals surface area contributed by atoms with Gasteiger partial charge in [0.2, 0.25) is 11.8 Å². The van der Waals surface area contributed by atoms with E-state index in [1.54, 1.807) is 31.4 Å². The van der Waals surface area contributed by atoms with Crippen molar-refractivity contribution in [2.24, 2.45) is 0 Å². The van der Waals surface area contributed by atoms with Crippen LogP contribution in [0.1, 0.15) is 24.5 Å². The molecule has 2 N–H and O–H groups in total. The summed E-state index contributed by atoms with van der Waals surface area (Å²) in [5.74, 6) is 0.680. The summed E-state index contributed by atoms with van der Waals surface area (Å²) in [6, 6.07) is 13.0. The molecule has 0 aliphatic heterocycles. The summed E-state index contributed by atoms with van der Waals surface area (Å²) in [7, 11) is 1.65. The van der Waals surface area contributed by atoms with Crippen LogP contribution in [0.3, 0.4) is 0 Å². The van der Waals surface area contributed by atoms with Crippen molar-refractivity contribution in [3.63, 3.8) is 0 Å². The third-order valence-corrected chi connectivity index (χ3v) is 3.59. The molecule has 0 saturated carbocycles. The lowest BCUT2D eigenvalue weighted by atomic mass is 10.1. The highest BCUT2D eigenvalue weighted by molar-refractivity contribution is 5.92. The minimum Gasteiger partial charge on any atom is -0.496 e. The van der Waals surface area contributed by atoms with Gasteiger partial charge < -0.3 is 15.4 Å². The van der Waals surface area contributed by atoms with Gasteiger partial charge in [0.15, 0.2) is 0 Å². The van der Waals surface area contributed by atoms with Gasteiger partial charge in [0.1, 0.15) is 5.75 Å². The number of carbonyl (C=O) groups is 2. The molecule has 2 amide bonds. The van der Waals surface area contributed by atoms with Crippen LogP contribution in [0.4, 0.5) is 11.4 Å². The summed E-state index contributed by atoms with van der Waals surface area (Å²) >= 11 is 0. The van der Waals surface area contributed by atoms with Gasteiger partial charge in [-0.15, -0.1) is 0 Å². The number of hydrogen-bond donors (Lipinski definition) is 2. The zero-order valence-corrected chi connectivity index (χ0v) is 14.2. The third-order valence-electron chi connectivity index (χ3n) is 3.59. The average molecular weight is 326 g/mol. The first-order chi connectivity index (χ1) is 11.5. The topological polar surface area (TPSA) is 67.4 Å². The van der Waals surface area contributed by atoms with Crippen molar-refractivity contribution in [3.8, 4) is 5.75 Å². The van der Waals surface area contributed by atoms with Crippen molar-refractivity contribution in [2.75, 3.05) is 17.7 Å². The Labute approximate surface area is 142 Å². The van der Waals surface area contributed by atoms with Gasteiger partial charge in [-0.1, -0.05) is 12.1 Å². The van der Waals surface area contributed by atoms with Crippen molar-refractivity contribution in [3.05, 3.63) is 53.6 Å². The Hall–Kier alpha value is -2.82. The van der Waals surface area contributed by atoms with Gasteiger partial charge in [0.05, 0.1) is 7.11 Å². The van der Waals surface area contributed by atoms with Crippen LogP contribution in [0.2, 0.25) is 0 Å². The van der Waals surface area contributed by atoms with Crippen LogP contribution < -0.4 is 15.4 Å². The predicted molar refractivity (Wildman–Crippen MR) is 95.4 cm³/mol. The molecule has 0 bridgehead atoms. The summed E-state index contributed by atoms with van der Waals surface area (Å²) in [6.45, 7) is 3.44. The Balaban J connectivity index is 1.87. The predicted octanol–water partition coefficient (Wildman–Crippen LogP) is 3.53. The first-order valence-corrected chi connectivity index (χ1v) is 7.79. The number of aryl methyl sites for hydroxylation is 2. The van der Waals surface area contributed by atoms with E-state index in [1.165, 1.54) is 6.92 Å². The van der Waals surface area contributed by atoms with Crippen LogP contribution in [0.15, 0.2) is 42.5 Å². The Morgan fingerprint density at radius 1 is 1.00 bits per heavy atom. The molecule has 5 nitrogen and oxygen atoms in total. The average Bonchev–Trinajstić information content (AvgIpc) is 2.54. The van der Waals surface area contributed by atoms with Crippen molar-refractivity contribution in [1.29, 1.82) is 0 Å². The zero-order chi connectivity index (χ0) is 17.5. The Morgan fingerprint density at radius 2 is 1.62 bits per heavy atom. The lowest BCUT2D eigenvalue weighted by Crippen LogP contribution is -2.12. The molecule has 24 heavy (non-hydrogen) atoms. The molecule has 2 aromatic carbocycles. The smallest absolute Gasteiger partial charge is 0.224 e. The van der Waals surface area contributed by atoms with E-state index in [1.807, 2.05) is 25.1 Å². The van der Waals surface area contributed by atoms with E-state index in [2.05, 4.69) is 10.6 Å². The van der Waals surface area contributed by atoms with E-state index in [0.717, 1.165) is 16.9 Å². The van der Waals surface area contributed by atoms with Crippen molar-refractivity contribution < 1.29 is 14.3 Å². The van der Waals surface area contributed by atoms with Gasteiger partial charge in [-0.25, -0.2) is 0 Å². The van der Waals surface area contributed by atoms with Crippen molar-refractivity contribution in [2.45, 2.75) is 26.7 Å². The van der Waals surface area contributed by atoms with Crippen LogP contribution in [-0.2, 0) is 16.0 Å². The Bertz CT molecular complexity index is 724. The molecular weight excluding hydrogens is 304 g/mol. The molecule has 0 aromatic heterocycles. The molecule has 0 spiro atoms. The van der Waals surface area contributed by atoms with Crippen molar-refractivity contribution >= 4 is 23.2 Å². The highest BCUT2D eigenvalue weighted by Crippen LogP contribution is 2.19. The third kappa shape index (κ3) is 5.12. The first kappa shape index (κ1) is 17.5. The van der Waals surface area contributed by atoms with Gasteiger partial charge in [-0.05, 0) is 54.8 Å². The molecule has 2 aromatic rings. The number of carbonyl (C=O) groups excluding carboxylic acids is 2. The van der Waals surface area contributed by atoms with Crippen LogP contribution in [-0.4, -0.2) is 18.9 Å². The number of anilines is 2. The van der Waals surface area contributed by atoms with Gasteiger partial charge in [-0.3, -0.25) is 9.59 Å². The fourth-order valence-electron chi connectivity index (χ4n) is 2.42. The van der Waals surface area contributed by atoms with Crippen LogP contribution >= 0.6 is 0 Å². The molecule has 126 valence electrons. The summed E-state index contributed by atoms with van der Waals surface area (Å²) in [6.07, 6.45) is 1.07. The van der Waals surface area contributed by atoms with Crippen LogP contribution in [0.25, 0.3) is 0 Å². The molecule has 0 atom stereocenters. The normalized spacial score (nSPS) is 10.1. The highest BCUT2D eigenvalue weighted by Gasteiger charge is 2.05. The quantitative estimate of drug-likeness (QED) is 0.853. The molecular formula is C19H22N2O3. The second-order valence-electron chi connectivity index (χ2n) is 5.61. The molecule has 2 rings (SSSR count). The number of rotatable bonds is 6. The second kappa shape index (κ2) is 8.15. The lowest BCUT2D eigenvalue weighted by molar-refractivity contribution is -0.116. The molecule has 0 unspecified atom stereocenters. The summed E-state index contributed by atoms with van der Waals surface area (Å²) in [5, 5.41) is 5.54. The van der Waals surface area contributed by atoms with E-state index in [-0.39, 0.29) is 11.8 Å². The van der Waals surface area contributed by atoms with Gasteiger partial charge in [0, 0.05) is 24.7 Å². The number of hydrogen-bond acceptors (Lipinski definition) is 3. The maximum atomic E-state index is 12.1. The molecule has 0 aliphatic carbocycles. The number of ether oxygens (including phenoxy) is 1. The van der Waals surface area contributed by atoms with E-state index in [4.69, 9.17) is 4.74 Å². The fraction of sp³-hybridized carbons (Fsp3) is 0.263.